The molecule has 0 spiro atoms. The lowest BCUT2D eigenvalue weighted by atomic mass is 10.1. The fourth-order valence-electron chi connectivity index (χ4n) is 1.94. The fraction of sp³-hybridized carbons (Fsp3) is 0.0625. The van der Waals surface area contributed by atoms with Gasteiger partial charge in [-0.05, 0) is 29.8 Å². The number of hydrogen-bond acceptors (Lipinski definition) is 4. The predicted molar refractivity (Wildman–Crippen MR) is 77.3 cm³/mol. The van der Waals surface area contributed by atoms with Gasteiger partial charge in [-0.1, -0.05) is 6.07 Å². The third-order valence-electron chi connectivity index (χ3n) is 3.00. The second-order valence-corrected chi connectivity index (χ2v) is 4.49. The molecule has 0 saturated carbocycles. The van der Waals surface area contributed by atoms with Crippen molar-refractivity contribution in [3.05, 3.63) is 72.7 Å². The monoisotopic (exact) mass is 279 g/mol. The maximum atomic E-state index is 11.9. The van der Waals surface area contributed by atoms with E-state index in [0.717, 1.165) is 16.7 Å². The molecule has 21 heavy (non-hydrogen) atoms. The first-order chi connectivity index (χ1) is 10.3. The molecule has 0 atom stereocenters. The number of nitrogens with zero attached hydrogens (tertiary/aromatic N) is 2. The summed E-state index contributed by atoms with van der Waals surface area (Å²) in [6.45, 7) is 0.397. The SMILES string of the molecule is O=C(NCc1cncc(-c2ccoc2)c1)c1ccccn1. The Hall–Kier alpha value is -2.95. The molecule has 0 fully saturated rings. The molecule has 5 nitrogen and oxygen atoms in total. The van der Waals surface area contributed by atoms with Gasteiger partial charge in [0.15, 0.2) is 0 Å². The number of furan rings is 1. The van der Waals surface area contributed by atoms with Crippen LogP contribution in [-0.2, 0) is 6.54 Å². The average molecular weight is 279 g/mol. The lowest BCUT2D eigenvalue weighted by Crippen LogP contribution is -2.23. The van der Waals surface area contributed by atoms with Crippen molar-refractivity contribution in [3.63, 3.8) is 0 Å². The molecule has 3 heterocycles. The van der Waals surface area contributed by atoms with Gasteiger partial charge < -0.3 is 9.73 Å². The highest BCUT2D eigenvalue weighted by Crippen LogP contribution is 2.19. The summed E-state index contributed by atoms with van der Waals surface area (Å²) in [4.78, 5) is 20.1. The normalized spacial score (nSPS) is 10.3. The maximum absolute atomic E-state index is 11.9. The highest BCUT2D eigenvalue weighted by molar-refractivity contribution is 5.92. The van der Waals surface area contributed by atoms with Crippen LogP contribution in [0, 0.1) is 0 Å². The molecule has 5 heteroatoms. The van der Waals surface area contributed by atoms with Gasteiger partial charge in [0.1, 0.15) is 5.69 Å². The molecule has 0 unspecified atom stereocenters. The van der Waals surface area contributed by atoms with Crippen LogP contribution in [-0.4, -0.2) is 15.9 Å². The second kappa shape index (κ2) is 6.00. The Labute approximate surface area is 121 Å². The lowest BCUT2D eigenvalue weighted by Gasteiger charge is -2.05. The zero-order valence-electron chi connectivity index (χ0n) is 11.2. The largest absolute Gasteiger partial charge is 0.472 e. The van der Waals surface area contributed by atoms with Gasteiger partial charge in [0, 0.05) is 36.3 Å². The highest BCUT2D eigenvalue weighted by atomic mass is 16.3. The number of nitrogens with one attached hydrogen (secondary N) is 1. The van der Waals surface area contributed by atoms with E-state index in [1.165, 1.54) is 0 Å². The second-order valence-electron chi connectivity index (χ2n) is 4.49. The van der Waals surface area contributed by atoms with Crippen molar-refractivity contribution in [3.8, 4) is 11.1 Å². The van der Waals surface area contributed by atoms with E-state index in [1.807, 2.05) is 12.1 Å². The van der Waals surface area contributed by atoms with E-state index in [2.05, 4.69) is 15.3 Å². The summed E-state index contributed by atoms with van der Waals surface area (Å²) < 4.78 is 5.06. The summed E-state index contributed by atoms with van der Waals surface area (Å²) in [5.41, 5.74) is 3.23. The van der Waals surface area contributed by atoms with Gasteiger partial charge in [-0.25, -0.2) is 0 Å². The number of rotatable bonds is 4. The molecule has 3 rings (SSSR count). The Balaban J connectivity index is 1.69. The minimum Gasteiger partial charge on any atom is -0.472 e. The van der Waals surface area contributed by atoms with Crippen molar-refractivity contribution in [1.29, 1.82) is 0 Å². The summed E-state index contributed by atoms with van der Waals surface area (Å²) in [6, 6.07) is 9.07. The molecular formula is C16H13N3O2. The summed E-state index contributed by atoms with van der Waals surface area (Å²) in [5, 5.41) is 2.82. The van der Waals surface area contributed by atoms with Gasteiger partial charge in [-0.2, -0.15) is 0 Å². The lowest BCUT2D eigenvalue weighted by molar-refractivity contribution is 0.0946. The van der Waals surface area contributed by atoms with Crippen molar-refractivity contribution in [1.82, 2.24) is 15.3 Å². The van der Waals surface area contributed by atoms with Crippen LogP contribution < -0.4 is 5.32 Å². The Morgan fingerprint density at radius 2 is 2.14 bits per heavy atom. The Morgan fingerprint density at radius 3 is 2.90 bits per heavy atom. The number of amides is 1. The molecule has 3 aromatic rings. The van der Waals surface area contributed by atoms with E-state index < -0.39 is 0 Å². The van der Waals surface area contributed by atoms with Crippen molar-refractivity contribution in [2.24, 2.45) is 0 Å². The predicted octanol–water partition coefficient (Wildman–Crippen LogP) is 2.67. The van der Waals surface area contributed by atoms with Crippen molar-refractivity contribution < 1.29 is 9.21 Å². The fourth-order valence-corrected chi connectivity index (χ4v) is 1.94. The van der Waals surface area contributed by atoms with Crippen LogP contribution in [0.1, 0.15) is 16.1 Å². The first-order valence-electron chi connectivity index (χ1n) is 6.48. The van der Waals surface area contributed by atoms with Crippen molar-refractivity contribution in [2.45, 2.75) is 6.54 Å². The van der Waals surface area contributed by atoms with Gasteiger partial charge in [-0.15, -0.1) is 0 Å². The number of pyridine rings is 2. The Bertz CT molecular complexity index is 724. The van der Waals surface area contributed by atoms with Crippen LogP contribution in [0.5, 0.6) is 0 Å². The highest BCUT2D eigenvalue weighted by Gasteiger charge is 2.06. The molecule has 1 amide bonds. The van der Waals surface area contributed by atoms with Crippen molar-refractivity contribution in [2.75, 3.05) is 0 Å². The summed E-state index contributed by atoms with van der Waals surface area (Å²) in [5.74, 6) is -0.204. The van der Waals surface area contributed by atoms with E-state index in [0.29, 0.717) is 12.2 Å². The molecule has 0 aliphatic heterocycles. The van der Waals surface area contributed by atoms with Gasteiger partial charge in [-0.3, -0.25) is 14.8 Å². The van der Waals surface area contributed by atoms with Gasteiger partial charge >= 0.3 is 0 Å². The molecule has 0 aliphatic rings. The van der Waals surface area contributed by atoms with Crippen LogP contribution >= 0.6 is 0 Å². The van der Waals surface area contributed by atoms with Gasteiger partial charge in [0.05, 0.1) is 12.5 Å². The zero-order valence-corrected chi connectivity index (χ0v) is 11.2. The molecule has 0 bridgehead atoms. The van der Waals surface area contributed by atoms with Gasteiger partial charge in [0.25, 0.3) is 5.91 Å². The Morgan fingerprint density at radius 1 is 1.19 bits per heavy atom. The van der Waals surface area contributed by atoms with Crippen LogP contribution in [0.3, 0.4) is 0 Å². The number of carbonyl (C=O) groups is 1. The van der Waals surface area contributed by atoms with E-state index >= 15 is 0 Å². The minimum absolute atomic E-state index is 0.204. The zero-order chi connectivity index (χ0) is 14.5. The van der Waals surface area contributed by atoms with E-state index in [9.17, 15) is 4.79 Å². The van der Waals surface area contributed by atoms with Crippen LogP contribution in [0.2, 0.25) is 0 Å². The quantitative estimate of drug-likeness (QED) is 0.797. The number of hydrogen-bond donors (Lipinski definition) is 1. The maximum Gasteiger partial charge on any atom is 0.270 e. The standard InChI is InChI=1S/C16H13N3O2/c20-16(15-3-1-2-5-18-15)19-9-12-7-14(10-17-8-12)13-4-6-21-11-13/h1-8,10-11H,9H2,(H,19,20). The third kappa shape index (κ3) is 3.14. The van der Waals surface area contributed by atoms with Gasteiger partial charge in [0.2, 0.25) is 0 Å². The minimum atomic E-state index is -0.204. The number of carbonyl (C=O) groups excluding carboxylic acids is 1. The van der Waals surface area contributed by atoms with Crippen LogP contribution in [0.15, 0.2) is 65.9 Å². The molecule has 0 radical (unpaired) electrons. The van der Waals surface area contributed by atoms with E-state index in [4.69, 9.17) is 4.42 Å². The third-order valence-corrected chi connectivity index (χ3v) is 3.00. The summed E-state index contributed by atoms with van der Waals surface area (Å²) in [7, 11) is 0. The van der Waals surface area contributed by atoms with E-state index in [1.54, 1.807) is 49.3 Å². The van der Waals surface area contributed by atoms with E-state index in [-0.39, 0.29) is 5.91 Å². The summed E-state index contributed by atoms with van der Waals surface area (Å²) >= 11 is 0. The summed E-state index contributed by atoms with van der Waals surface area (Å²) in [6.07, 6.45) is 8.35. The molecule has 0 aromatic carbocycles. The molecule has 0 saturated heterocycles. The molecule has 0 aliphatic carbocycles. The molecule has 104 valence electrons. The average Bonchev–Trinajstić information content (AvgIpc) is 3.08. The van der Waals surface area contributed by atoms with Crippen LogP contribution in [0.4, 0.5) is 0 Å². The van der Waals surface area contributed by atoms with Crippen LogP contribution in [0.25, 0.3) is 11.1 Å². The Kier molecular flexibility index (Phi) is 3.73. The molecule has 1 N–H and O–H groups in total. The first-order valence-corrected chi connectivity index (χ1v) is 6.48. The first kappa shape index (κ1) is 13.1. The molecule has 3 aromatic heterocycles. The smallest absolute Gasteiger partial charge is 0.270 e. The van der Waals surface area contributed by atoms with Crippen molar-refractivity contribution >= 4 is 5.91 Å². The number of aromatic nitrogens is 2. The topological polar surface area (TPSA) is 68.0 Å². The molecular weight excluding hydrogens is 266 g/mol.